The van der Waals surface area contributed by atoms with Gasteiger partial charge >= 0.3 is 6.18 Å². The van der Waals surface area contributed by atoms with Crippen molar-refractivity contribution in [3.63, 3.8) is 0 Å². The zero-order valence-electron chi connectivity index (χ0n) is 11.9. The van der Waals surface area contributed by atoms with E-state index in [-0.39, 0.29) is 18.6 Å². The van der Waals surface area contributed by atoms with Crippen LogP contribution in [0.1, 0.15) is 22.3 Å². The zero-order valence-corrected chi connectivity index (χ0v) is 11.9. The highest BCUT2D eigenvalue weighted by Gasteiger charge is 2.29. The molecule has 0 atom stereocenters. The molecule has 1 nitrogen and oxygen atoms in total. The molecule has 0 aliphatic carbocycles. The Hall–Kier alpha value is -2.17. The van der Waals surface area contributed by atoms with Crippen molar-refractivity contribution >= 4 is 5.78 Å². The van der Waals surface area contributed by atoms with E-state index in [1.54, 1.807) is 19.1 Å². The number of rotatable bonds is 4. The van der Waals surface area contributed by atoms with E-state index in [0.29, 0.717) is 11.1 Å². The van der Waals surface area contributed by atoms with Crippen LogP contribution < -0.4 is 0 Å². The van der Waals surface area contributed by atoms with Gasteiger partial charge in [0.25, 0.3) is 0 Å². The Bertz CT molecular complexity index is 672. The molecule has 116 valence electrons. The molecule has 0 unspecified atom stereocenters. The number of carbonyl (C=O) groups excluding carboxylic acids is 1. The summed E-state index contributed by atoms with van der Waals surface area (Å²) in [5.74, 6) is -0.698. The van der Waals surface area contributed by atoms with E-state index >= 15 is 0 Å². The second-order valence-corrected chi connectivity index (χ2v) is 5.18. The van der Waals surface area contributed by atoms with Gasteiger partial charge in [0.15, 0.2) is 0 Å². The van der Waals surface area contributed by atoms with E-state index in [2.05, 4.69) is 0 Å². The van der Waals surface area contributed by atoms with E-state index in [1.807, 2.05) is 0 Å². The number of Topliss-reactive ketones (excluding diaryl/α,β-unsaturated/α-hetero) is 1. The van der Waals surface area contributed by atoms with Crippen LogP contribution >= 0.6 is 0 Å². The first-order valence-corrected chi connectivity index (χ1v) is 6.68. The minimum atomic E-state index is -4.40. The van der Waals surface area contributed by atoms with E-state index in [4.69, 9.17) is 0 Å². The van der Waals surface area contributed by atoms with Crippen LogP contribution in [0.15, 0.2) is 42.5 Å². The summed E-state index contributed by atoms with van der Waals surface area (Å²) in [6.07, 6.45) is -4.49. The number of hydrogen-bond donors (Lipinski definition) is 0. The topological polar surface area (TPSA) is 17.1 Å². The highest BCUT2D eigenvalue weighted by molar-refractivity contribution is 5.83. The number of alkyl halides is 3. The summed E-state index contributed by atoms with van der Waals surface area (Å²) in [6.45, 7) is 1.79. The lowest BCUT2D eigenvalue weighted by Gasteiger charge is -2.08. The van der Waals surface area contributed by atoms with E-state index in [9.17, 15) is 22.4 Å². The predicted octanol–water partition coefficient (Wildman–Crippen LogP) is 4.51. The average molecular weight is 310 g/mol. The Morgan fingerprint density at radius 1 is 1.00 bits per heavy atom. The molecule has 2 aromatic rings. The van der Waals surface area contributed by atoms with Gasteiger partial charge in [-0.2, -0.15) is 13.2 Å². The third-order valence-corrected chi connectivity index (χ3v) is 3.27. The summed E-state index contributed by atoms with van der Waals surface area (Å²) in [4.78, 5) is 11.9. The molecule has 0 saturated heterocycles. The van der Waals surface area contributed by atoms with Crippen molar-refractivity contribution in [1.29, 1.82) is 0 Å². The molecule has 0 aliphatic rings. The van der Waals surface area contributed by atoms with Gasteiger partial charge in [-0.3, -0.25) is 4.79 Å². The molecule has 0 saturated carbocycles. The molecule has 0 amide bonds. The minimum Gasteiger partial charge on any atom is -0.299 e. The van der Waals surface area contributed by atoms with Crippen LogP contribution in [0.25, 0.3) is 0 Å². The molecular formula is C17H14F4O. The lowest BCUT2D eigenvalue weighted by molar-refractivity contribution is -0.137. The minimum absolute atomic E-state index is 0.0223. The first-order chi connectivity index (χ1) is 10.3. The monoisotopic (exact) mass is 310 g/mol. The molecule has 22 heavy (non-hydrogen) atoms. The Kier molecular flexibility index (Phi) is 4.64. The van der Waals surface area contributed by atoms with Gasteiger partial charge in [0.05, 0.1) is 5.56 Å². The molecular weight excluding hydrogens is 296 g/mol. The van der Waals surface area contributed by atoms with Crippen LogP contribution in [0.4, 0.5) is 17.6 Å². The number of ketones is 1. The number of halogens is 4. The summed E-state index contributed by atoms with van der Waals surface area (Å²) in [7, 11) is 0. The van der Waals surface area contributed by atoms with Crippen molar-refractivity contribution < 1.29 is 22.4 Å². The number of hydrogen-bond acceptors (Lipinski definition) is 1. The highest BCUT2D eigenvalue weighted by Crippen LogP contribution is 2.29. The third kappa shape index (κ3) is 4.16. The fourth-order valence-corrected chi connectivity index (χ4v) is 2.15. The van der Waals surface area contributed by atoms with Gasteiger partial charge in [-0.1, -0.05) is 29.8 Å². The second kappa shape index (κ2) is 6.30. The van der Waals surface area contributed by atoms with E-state index in [1.165, 1.54) is 18.2 Å². The van der Waals surface area contributed by atoms with Crippen LogP contribution in [0.5, 0.6) is 0 Å². The van der Waals surface area contributed by atoms with Gasteiger partial charge in [0.1, 0.15) is 11.6 Å². The SMILES string of the molecule is Cc1ccc(F)c(CC(=O)Cc2ccc(C(F)(F)F)cc2)c1. The Morgan fingerprint density at radius 3 is 2.23 bits per heavy atom. The van der Waals surface area contributed by atoms with Crippen molar-refractivity contribution in [2.24, 2.45) is 0 Å². The standard InChI is InChI=1S/C17H14F4O/c1-11-2-7-16(18)13(8-11)10-15(22)9-12-3-5-14(6-4-12)17(19,20)21/h2-8H,9-10H2,1H3. The number of aryl methyl sites for hydroxylation is 1. The van der Waals surface area contributed by atoms with Gasteiger partial charge in [-0.15, -0.1) is 0 Å². The third-order valence-electron chi connectivity index (χ3n) is 3.27. The summed E-state index contributed by atoms with van der Waals surface area (Å²) >= 11 is 0. The molecule has 0 aliphatic heterocycles. The molecule has 2 aromatic carbocycles. The van der Waals surface area contributed by atoms with Gasteiger partial charge in [0.2, 0.25) is 0 Å². The summed E-state index contributed by atoms with van der Waals surface area (Å²) < 4.78 is 50.9. The molecule has 2 rings (SSSR count). The van der Waals surface area contributed by atoms with Gasteiger partial charge in [0, 0.05) is 12.8 Å². The quantitative estimate of drug-likeness (QED) is 0.760. The van der Waals surface area contributed by atoms with Crippen LogP contribution in [-0.4, -0.2) is 5.78 Å². The zero-order chi connectivity index (χ0) is 16.3. The molecule has 0 N–H and O–H groups in total. The van der Waals surface area contributed by atoms with E-state index in [0.717, 1.165) is 17.7 Å². The molecule has 0 heterocycles. The Balaban J connectivity index is 2.04. The fraction of sp³-hybridized carbons (Fsp3) is 0.235. The van der Waals surface area contributed by atoms with Crippen molar-refractivity contribution in [2.45, 2.75) is 25.9 Å². The van der Waals surface area contributed by atoms with Crippen LogP contribution in [0.2, 0.25) is 0 Å². The van der Waals surface area contributed by atoms with Crippen molar-refractivity contribution in [1.82, 2.24) is 0 Å². The van der Waals surface area contributed by atoms with Crippen molar-refractivity contribution in [2.75, 3.05) is 0 Å². The second-order valence-electron chi connectivity index (χ2n) is 5.18. The van der Waals surface area contributed by atoms with Crippen LogP contribution in [0.3, 0.4) is 0 Å². The molecule has 0 radical (unpaired) electrons. The Morgan fingerprint density at radius 2 is 1.64 bits per heavy atom. The van der Waals surface area contributed by atoms with Crippen LogP contribution in [0, 0.1) is 12.7 Å². The Labute approximate surface area is 125 Å². The molecule has 0 aromatic heterocycles. The number of carbonyl (C=O) groups is 1. The maximum Gasteiger partial charge on any atom is 0.416 e. The maximum absolute atomic E-state index is 13.6. The van der Waals surface area contributed by atoms with Crippen LogP contribution in [-0.2, 0) is 23.8 Å². The summed E-state index contributed by atoms with van der Waals surface area (Å²) in [6, 6.07) is 8.93. The predicted molar refractivity (Wildman–Crippen MR) is 75.0 cm³/mol. The highest BCUT2D eigenvalue weighted by atomic mass is 19.4. The van der Waals surface area contributed by atoms with Gasteiger partial charge in [-0.25, -0.2) is 4.39 Å². The van der Waals surface area contributed by atoms with Crippen molar-refractivity contribution in [3.8, 4) is 0 Å². The lowest BCUT2D eigenvalue weighted by Crippen LogP contribution is -2.09. The largest absolute Gasteiger partial charge is 0.416 e. The first kappa shape index (κ1) is 16.2. The first-order valence-electron chi connectivity index (χ1n) is 6.68. The smallest absolute Gasteiger partial charge is 0.299 e. The van der Waals surface area contributed by atoms with E-state index < -0.39 is 17.6 Å². The molecule has 0 fully saturated rings. The molecule has 5 heteroatoms. The lowest BCUT2D eigenvalue weighted by atomic mass is 10.0. The van der Waals surface area contributed by atoms with Gasteiger partial charge < -0.3 is 0 Å². The molecule has 0 bridgehead atoms. The average Bonchev–Trinajstić information content (AvgIpc) is 2.42. The number of benzene rings is 2. The fourth-order valence-electron chi connectivity index (χ4n) is 2.15. The normalized spacial score (nSPS) is 11.5. The maximum atomic E-state index is 13.6. The summed E-state index contributed by atoms with van der Waals surface area (Å²) in [5.41, 5.74) is 0.870. The van der Waals surface area contributed by atoms with Crippen molar-refractivity contribution in [3.05, 3.63) is 70.5 Å². The van der Waals surface area contributed by atoms with Gasteiger partial charge in [-0.05, 0) is 36.2 Å². The molecule has 0 spiro atoms. The summed E-state index contributed by atoms with van der Waals surface area (Å²) in [5, 5.41) is 0.